The Hall–Kier alpha value is -3.55. The number of aliphatic hydroxyl groups is 1. The van der Waals surface area contributed by atoms with Gasteiger partial charge in [0.25, 0.3) is 0 Å². The normalized spacial score (nSPS) is 19.0. The SMILES string of the molecule is CNS(=O)(=O)c1cccc(OC[C@@H](O)CNC2COC3(CCN(S(=O)(=O)c4cccc(-c5ccc(OCC#N)cc5)c4)CC3)C2)c1. The monoisotopic (exact) mass is 670 g/mol. The highest BCUT2D eigenvalue weighted by atomic mass is 32.2. The third-order valence-corrected chi connectivity index (χ3v) is 11.6. The Morgan fingerprint density at radius 3 is 2.41 bits per heavy atom. The van der Waals surface area contributed by atoms with E-state index >= 15 is 0 Å². The summed E-state index contributed by atoms with van der Waals surface area (Å²) in [7, 11) is -5.99. The minimum absolute atomic E-state index is 0.00437. The number of sulfonamides is 2. The highest BCUT2D eigenvalue weighted by Crippen LogP contribution is 2.38. The maximum atomic E-state index is 13.6. The quantitative estimate of drug-likeness (QED) is 0.246. The molecule has 0 aromatic heterocycles. The van der Waals surface area contributed by atoms with E-state index in [0.29, 0.717) is 50.5 Å². The number of aliphatic hydroxyl groups excluding tert-OH is 1. The molecule has 2 fully saturated rings. The van der Waals surface area contributed by atoms with Gasteiger partial charge in [0.1, 0.15) is 30.3 Å². The second-order valence-corrected chi connectivity index (χ2v) is 15.2. The zero-order valence-electron chi connectivity index (χ0n) is 25.5. The van der Waals surface area contributed by atoms with Crippen molar-refractivity contribution in [3.05, 3.63) is 72.8 Å². The molecule has 2 aliphatic heterocycles. The molecule has 3 N–H and O–H groups in total. The Morgan fingerprint density at radius 2 is 1.70 bits per heavy atom. The molecular formula is C32H38N4O8S2. The highest BCUT2D eigenvalue weighted by molar-refractivity contribution is 7.89. The summed E-state index contributed by atoms with van der Waals surface area (Å²) in [6, 6.07) is 22.0. The van der Waals surface area contributed by atoms with Crippen molar-refractivity contribution in [1.29, 1.82) is 5.26 Å². The molecule has 0 aliphatic carbocycles. The van der Waals surface area contributed by atoms with Crippen LogP contribution < -0.4 is 19.5 Å². The van der Waals surface area contributed by atoms with Crippen molar-refractivity contribution in [1.82, 2.24) is 14.3 Å². The number of piperidine rings is 1. The van der Waals surface area contributed by atoms with Crippen LogP contribution in [0, 0.1) is 11.3 Å². The van der Waals surface area contributed by atoms with Crippen LogP contribution in [0.2, 0.25) is 0 Å². The molecule has 12 nitrogen and oxygen atoms in total. The largest absolute Gasteiger partial charge is 0.491 e. The molecule has 1 spiro atoms. The van der Waals surface area contributed by atoms with Gasteiger partial charge in [-0.25, -0.2) is 21.6 Å². The average molecular weight is 671 g/mol. The molecule has 0 bridgehead atoms. The lowest BCUT2D eigenvalue weighted by atomic mass is 9.88. The Kier molecular flexibility index (Phi) is 10.6. The zero-order chi connectivity index (χ0) is 32.8. The van der Waals surface area contributed by atoms with E-state index in [-0.39, 0.29) is 35.6 Å². The molecule has 2 aliphatic rings. The molecule has 0 amide bonds. The molecule has 2 atom stereocenters. The Morgan fingerprint density at radius 1 is 0.978 bits per heavy atom. The number of ether oxygens (including phenoxy) is 3. The minimum Gasteiger partial charge on any atom is -0.491 e. The topological polar surface area (TPSA) is 167 Å². The molecule has 14 heteroatoms. The van der Waals surface area contributed by atoms with E-state index in [1.165, 1.54) is 23.5 Å². The number of nitriles is 1. The number of nitrogens with one attached hydrogen (secondary N) is 2. The van der Waals surface area contributed by atoms with Gasteiger partial charge in [0, 0.05) is 31.7 Å². The number of nitrogens with zero attached hydrogens (tertiary/aromatic N) is 2. The van der Waals surface area contributed by atoms with E-state index < -0.39 is 31.8 Å². The van der Waals surface area contributed by atoms with Crippen molar-refractivity contribution in [3.63, 3.8) is 0 Å². The van der Waals surface area contributed by atoms with Crippen LogP contribution in [-0.4, -0.2) is 90.5 Å². The van der Waals surface area contributed by atoms with Crippen molar-refractivity contribution in [2.45, 2.75) is 46.8 Å². The first-order valence-electron chi connectivity index (χ1n) is 15.0. The van der Waals surface area contributed by atoms with Gasteiger partial charge >= 0.3 is 0 Å². The first-order valence-corrected chi connectivity index (χ1v) is 17.9. The standard InChI is InChI=1S/C32H38N4O8S2/c1-34-45(38,39)30-6-3-5-29(19-30)43-23-27(37)21-35-26-20-32(44-22-26)12-15-36(16-13-32)46(40,41)31-7-2-4-25(18-31)24-8-10-28(11-9-24)42-17-14-33/h2-11,18-19,26-27,34-35,37H,12-13,15-17,20-23H2,1H3/t26?,27-/m0/s1. The van der Waals surface area contributed by atoms with Gasteiger partial charge in [-0.3, -0.25) is 0 Å². The lowest BCUT2D eigenvalue weighted by Crippen LogP contribution is -2.47. The van der Waals surface area contributed by atoms with Crippen LogP contribution in [-0.2, 0) is 24.8 Å². The summed E-state index contributed by atoms with van der Waals surface area (Å²) in [5, 5.41) is 22.5. The second-order valence-electron chi connectivity index (χ2n) is 11.4. The average Bonchev–Trinajstić information content (AvgIpc) is 3.47. The van der Waals surface area contributed by atoms with E-state index in [4.69, 9.17) is 19.5 Å². The molecule has 1 unspecified atom stereocenters. The van der Waals surface area contributed by atoms with Gasteiger partial charge in [0.2, 0.25) is 20.0 Å². The summed E-state index contributed by atoms with van der Waals surface area (Å²) in [4.78, 5) is 0.302. The summed E-state index contributed by atoms with van der Waals surface area (Å²) >= 11 is 0. The molecular weight excluding hydrogens is 633 g/mol. The van der Waals surface area contributed by atoms with Crippen LogP contribution in [0.25, 0.3) is 11.1 Å². The molecule has 3 aromatic carbocycles. The first-order chi connectivity index (χ1) is 22.0. The maximum Gasteiger partial charge on any atom is 0.243 e. The predicted octanol–water partition coefficient (Wildman–Crippen LogP) is 2.51. The van der Waals surface area contributed by atoms with Gasteiger partial charge in [-0.1, -0.05) is 30.3 Å². The third kappa shape index (κ3) is 8.05. The Balaban J connectivity index is 1.10. The fraction of sp³-hybridized carbons (Fsp3) is 0.406. The lowest BCUT2D eigenvalue weighted by Gasteiger charge is -2.38. The van der Waals surface area contributed by atoms with Crippen molar-refractivity contribution in [2.24, 2.45) is 0 Å². The Labute approximate surface area is 270 Å². The lowest BCUT2D eigenvalue weighted by molar-refractivity contribution is -0.0312. The van der Waals surface area contributed by atoms with Crippen molar-refractivity contribution in [3.8, 4) is 28.7 Å². The molecule has 5 rings (SSSR count). The van der Waals surface area contributed by atoms with Crippen LogP contribution in [0.4, 0.5) is 0 Å². The van der Waals surface area contributed by atoms with Gasteiger partial charge in [0.15, 0.2) is 6.61 Å². The fourth-order valence-electron chi connectivity index (χ4n) is 5.71. The van der Waals surface area contributed by atoms with E-state index in [9.17, 15) is 21.9 Å². The predicted molar refractivity (Wildman–Crippen MR) is 170 cm³/mol. The molecule has 46 heavy (non-hydrogen) atoms. The number of hydrogen-bond donors (Lipinski definition) is 3. The smallest absolute Gasteiger partial charge is 0.243 e. The number of rotatable bonds is 13. The molecule has 2 heterocycles. The van der Waals surface area contributed by atoms with E-state index in [0.717, 1.165) is 11.1 Å². The summed E-state index contributed by atoms with van der Waals surface area (Å²) in [5.74, 6) is 0.903. The van der Waals surface area contributed by atoms with Gasteiger partial charge in [-0.05, 0) is 73.8 Å². The van der Waals surface area contributed by atoms with Crippen LogP contribution in [0.5, 0.6) is 11.5 Å². The van der Waals surface area contributed by atoms with Crippen molar-refractivity contribution < 1.29 is 36.2 Å². The third-order valence-electron chi connectivity index (χ3n) is 8.27. The zero-order valence-corrected chi connectivity index (χ0v) is 27.1. The second kappa shape index (κ2) is 14.5. The minimum atomic E-state index is -3.72. The summed E-state index contributed by atoms with van der Waals surface area (Å²) in [5.41, 5.74) is 1.17. The van der Waals surface area contributed by atoms with E-state index in [2.05, 4.69) is 10.0 Å². The van der Waals surface area contributed by atoms with E-state index in [1.807, 2.05) is 24.3 Å². The van der Waals surface area contributed by atoms with Crippen LogP contribution in [0.1, 0.15) is 19.3 Å². The maximum absolute atomic E-state index is 13.6. The molecule has 3 aromatic rings. The van der Waals surface area contributed by atoms with Gasteiger partial charge in [0.05, 0.1) is 22.0 Å². The molecule has 2 saturated heterocycles. The Bertz CT molecular complexity index is 1750. The summed E-state index contributed by atoms with van der Waals surface area (Å²) in [6.07, 6.45) is 0.984. The van der Waals surface area contributed by atoms with Gasteiger partial charge in [-0.2, -0.15) is 9.57 Å². The van der Waals surface area contributed by atoms with Gasteiger partial charge < -0.3 is 24.6 Å². The van der Waals surface area contributed by atoms with Crippen molar-refractivity contribution >= 4 is 20.0 Å². The summed E-state index contributed by atoms with van der Waals surface area (Å²) < 4.78 is 72.1. The molecule has 246 valence electrons. The highest BCUT2D eigenvalue weighted by Gasteiger charge is 2.44. The number of hydrogen-bond acceptors (Lipinski definition) is 10. The molecule has 0 radical (unpaired) electrons. The van der Waals surface area contributed by atoms with Crippen LogP contribution >= 0.6 is 0 Å². The van der Waals surface area contributed by atoms with Crippen LogP contribution in [0.3, 0.4) is 0 Å². The molecule has 0 saturated carbocycles. The first kappa shape index (κ1) is 33.8. The van der Waals surface area contributed by atoms with Crippen LogP contribution in [0.15, 0.2) is 82.6 Å². The van der Waals surface area contributed by atoms with E-state index in [1.54, 1.807) is 42.5 Å². The van der Waals surface area contributed by atoms with Crippen molar-refractivity contribution in [2.75, 3.05) is 46.5 Å². The van der Waals surface area contributed by atoms with Gasteiger partial charge in [-0.15, -0.1) is 0 Å². The summed E-state index contributed by atoms with van der Waals surface area (Å²) in [6.45, 7) is 1.31. The number of benzene rings is 3. The fourth-order valence-corrected chi connectivity index (χ4v) is 7.96.